The van der Waals surface area contributed by atoms with Gasteiger partial charge in [0, 0.05) is 19.0 Å². The highest BCUT2D eigenvalue weighted by Crippen LogP contribution is 2.25. The zero-order chi connectivity index (χ0) is 16.7. The molecule has 1 aliphatic heterocycles. The molecule has 1 aliphatic rings. The van der Waals surface area contributed by atoms with E-state index in [2.05, 4.69) is 43.5 Å². The Balaban J connectivity index is 1.68. The molecule has 1 aromatic rings. The number of carbonyl (C=O) groups is 1. The van der Waals surface area contributed by atoms with Crippen LogP contribution < -0.4 is 15.4 Å². The molecule has 1 heterocycles. The quantitative estimate of drug-likeness (QED) is 0.786. The summed E-state index contributed by atoms with van der Waals surface area (Å²) in [5.74, 6) is 0.870. The maximum atomic E-state index is 11.8. The van der Waals surface area contributed by atoms with Crippen molar-refractivity contribution in [3.8, 4) is 5.75 Å². The maximum Gasteiger partial charge on any atom is 0.221 e. The van der Waals surface area contributed by atoms with Gasteiger partial charge in [-0.2, -0.15) is 0 Å². The van der Waals surface area contributed by atoms with Crippen LogP contribution in [0.4, 0.5) is 0 Å². The van der Waals surface area contributed by atoms with E-state index in [-0.39, 0.29) is 17.4 Å². The van der Waals surface area contributed by atoms with Gasteiger partial charge in [0.05, 0.1) is 19.8 Å². The van der Waals surface area contributed by atoms with Crippen molar-refractivity contribution in [3.63, 3.8) is 0 Å². The first kappa shape index (κ1) is 17.8. The number of benzene rings is 1. The van der Waals surface area contributed by atoms with Crippen LogP contribution in [-0.4, -0.2) is 44.9 Å². The summed E-state index contributed by atoms with van der Waals surface area (Å²) in [6, 6.07) is 8.23. The number of morpholine rings is 1. The normalized spacial score (nSPS) is 18.5. The van der Waals surface area contributed by atoms with Gasteiger partial charge in [0.1, 0.15) is 12.4 Å². The lowest BCUT2D eigenvalue weighted by Crippen LogP contribution is -2.44. The first-order valence-electron chi connectivity index (χ1n) is 8.26. The zero-order valence-corrected chi connectivity index (χ0v) is 14.4. The summed E-state index contributed by atoms with van der Waals surface area (Å²) < 4.78 is 11.1. The van der Waals surface area contributed by atoms with Crippen molar-refractivity contribution in [2.45, 2.75) is 38.6 Å². The van der Waals surface area contributed by atoms with Crippen LogP contribution >= 0.6 is 0 Å². The van der Waals surface area contributed by atoms with Crippen LogP contribution in [0.5, 0.6) is 5.75 Å². The molecule has 1 amide bonds. The average molecular weight is 320 g/mol. The van der Waals surface area contributed by atoms with Crippen LogP contribution in [0.25, 0.3) is 0 Å². The molecule has 128 valence electrons. The molecule has 1 saturated heterocycles. The highest BCUT2D eigenvalue weighted by atomic mass is 16.5. The van der Waals surface area contributed by atoms with Crippen LogP contribution in [0, 0.1) is 0 Å². The Bertz CT molecular complexity index is 505. The number of ether oxygens (including phenoxy) is 2. The fraction of sp³-hybridized carbons (Fsp3) is 0.611. The van der Waals surface area contributed by atoms with Crippen LogP contribution in [0.3, 0.4) is 0 Å². The van der Waals surface area contributed by atoms with E-state index in [9.17, 15) is 4.79 Å². The molecular weight excluding hydrogens is 292 g/mol. The third-order valence-corrected chi connectivity index (χ3v) is 3.82. The van der Waals surface area contributed by atoms with Crippen molar-refractivity contribution < 1.29 is 14.3 Å². The summed E-state index contributed by atoms with van der Waals surface area (Å²) in [6.45, 7) is 9.63. The molecule has 0 spiro atoms. The lowest BCUT2D eigenvalue weighted by molar-refractivity contribution is -0.122. The minimum absolute atomic E-state index is 0.0278. The smallest absolute Gasteiger partial charge is 0.221 e. The van der Waals surface area contributed by atoms with Crippen molar-refractivity contribution >= 4 is 5.91 Å². The molecule has 23 heavy (non-hydrogen) atoms. The minimum Gasteiger partial charge on any atom is -0.492 e. The third kappa shape index (κ3) is 6.20. The van der Waals surface area contributed by atoms with Gasteiger partial charge in [-0.1, -0.05) is 32.9 Å². The zero-order valence-electron chi connectivity index (χ0n) is 14.4. The van der Waals surface area contributed by atoms with Crippen LogP contribution in [0.1, 0.15) is 32.8 Å². The van der Waals surface area contributed by atoms with E-state index in [4.69, 9.17) is 9.47 Å². The highest BCUT2D eigenvalue weighted by Gasteiger charge is 2.16. The summed E-state index contributed by atoms with van der Waals surface area (Å²) in [5.41, 5.74) is 1.34. The van der Waals surface area contributed by atoms with E-state index in [1.807, 2.05) is 12.1 Å². The van der Waals surface area contributed by atoms with E-state index in [0.29, 0.717) is 26.2 Å². The van der Waals surface area contributed by atoms with Crippen molar-refractivity contribution in [2.24, 2.45) is 0 Å². The van der Waals surface area contributed by atoms with Gasteiger partial charge in [0.25, 0.3) is 0 Å². The molecular formula is C18H28N2O3. The Morgan fingerprint density at radius 1 is 1.43 bits per heavy atom. The molecule has 1 atom stereocenters. The molecule has 0 saturated carbocycles. The van der Waals surface area contributed by atoms with Crippen molar-refractivity contribution in [3.05, 3.63) is 29.8 Å². The molecule has 0 aromatic heterocycles. The van der Waals surface area contributed by atoms with Gasteiger partial charge in [0.2, 0.25) is 5.91 Å². The second-order valence-corrected chi connectivity index (χ2v) is 6.91. The summed E-state index contributed by atoms with van der Waals surface area (Å²) in [6.07, 6.45) is 0.444. The molecule has 5 heteroatoms. The Hall–Kier alpha value is -1.59. The number of rotatable bonds is 6. The molecule has 1 fully saturated rings. The van der Waals surface area contributed by atoms with Crippen LogP contribution in [-0.2, 0) is 14.9 Å². The second kappa shape index (κ2) is 8.31. The summed E-state index contributed by atoms with van der Waals surface area (Å²) in [5, 5.41) is 6.16. The summed E-state index contributed by atoms with van der Waals surface area (Å²) >= 11 is 0. The van der Waals surface area contributed by atoms with Crippen LogP contribution in [0.15, 0.2) is 24.3 Å². The van der Waals surface area contributed by atoms with Gasteiger partial charge < -0.3 is 20.1 Å². The summed E-state index contributed by atoms with van der Waals surface area (Å²) in [7, 11) is 0. The summed E-state index contributed by atoms with van der Waals surface area (Å²) in [4.78, 5) is 11.8. The van der Waals surface area contributed by atoms with Gasteiger partial charge in [0.15, 0.2) is 0 Å². The first-order valence-corrected chi connectivity index (χ1v) is 8.26. The molecule has 5 nitrogen and oxygen atoms in total. The largest absolute Gasteiger partial charge is 0.492 e. The van der Waals surface area contributed by atoms with Crippen molar-refractivity contribution in [1.29, 1.82) is 0 Å². The third-order valence-electron chi connectivity index (χ3n) is 3.82. The highest BCUT2D eigenvalue weighted by molar-refractivity contribution is 5.76. The molecule has 0 aliphatic carbocycles. The Morgan fingerprint density at radius 2 is 2.26 bits per heavy atom. The number of carbonyl (C=O) groups excluding carboxylic acids is 1. The molecule has 2 N–H and O–H groups in total. The lowest BCUT2D eigenvalue weighted by atomic mass is 9.87. The lowest BCUT2D eigenvalue weighted by Gasteiger charge is -2.23. The van der Waals surface area contributed by atoms with E-state index in [1.165, 1.54) is 5.56 Å². The Morgan fingerprint density at radius 3 is 2.96 bits per heavy atom. The standard InChI is InChI=1S/C18H28N2O3/c1-18(2,3)14-5-4-6-16(11-14)23-10-8-20-17(21)12-15-13-22-9-7-19-15/h4-6,11,15,19H,7-10,12-13H2,1-3H3,(H,20,21). The van der Waals surface area contributed by atoms with E-state index in [1.54, 1.807) is 0 Å². The topological polar surface area (TPSA) is 59.6 Å². The molecule has 0 bridgehead atoms. The Labute approximate surface area is 138 Å². The van der Waals surface area contributed by atoms with Gasteiger partial charge in [-0.25, -0.2) is 0 Å². The van der Waals surface area contributed by atoms with Gasteiger partial charge >= 0.3 is 0 Å². The molecule has 0 radical (unpaired) electrons. The minimum atomic E-state index is 0.0278. The number of amides is 1. The Kier molecular flexibility index (Phi) is 6.42. The molecule has 1 unspecified atom stereocenters. The molecule has 1 aromatic carbocycles. The monoisotopic (exact) mass is 320 g/mol. The predicted octanol–water partition coefficient (Wildman–Crippen LogP) is 1.86. The van der Waals surface area contributed by atoms with Gasteiger partial charge in [-0.3, -0.25) is 4.79 Å². The van der Waals surface area contributed by atoms with Gasteiger partial charge in [-0.05, 0) is 23.1 Å². The average Bonchev–Trinajstić information content (AvgIpc) is 2.52. The fourth-order valence-electron chi connectivity index (χ4n) is 2.46. The van der Waals surface area contributed by atoms with E-state index < -0.39 is 0 Å². The number of hydrogen-bond donors (Lipinski definition) is 2. The number of hydrogen-bond acceptors (Lipinski definition) is 4. The SMILES string of the molecule is CC(C)(C)c1cccc(OCCNC(=O)CC2COCCN2)c1. The molecule has 2 rings (SSSR count). The maximum absolute atomic E-state index is 11.8. The van der Waals surface area contributed by atoms with E-state index >= 15 is 0 Å². The van der Waals surface area contributed by atoms with Gasteiger partial charge in [-0.15, -0.1) is 0 Å². The predicted molar refractivity (Wildman–Crippen MR) is 90.9 cm³/mol. The van der Waals surface area contributed by atoms with Crippen molar-refractivity contribution in [2.75, 3.05) is 32.9 Å². The van der Waals surface area contributed by atoms with Crippen molar-refractivity contribution in [1.82, 2.24) is 10.6 Å². The van der Waals surface area contributed by atoms with E-state index in [0.717, 1.165) is 18.9 Å². The second-order valence-electron chi connectivity index (χ2n) is 6.91. The van der Waals surface area contributed by atoms with Crippen LogP contribution in [0.2, 0.25) is 0 Å². The number of nitrogens with one attached hydrogen (secondary N) is 2. The first-order chi connectivity index (χ1) is 10.9. The fourth-order valence-corrected chi connectivity index (χ4v) is 2.46.